The molecule has 28 heavy (non-hydrogen) atoms. The molecule has 0 unspecified atom stereocenters. The second-order valence-electron chi connectivity index (χ2n) is 7.99. The Balaban J connectivity index is 1.44. The minimum Gasteiger partial charge on any atom is -0.341 e. The van der Waals surface area contributed by atoms with Crippen LogP contribution < -0.4 is 5.32 Å². The number of hydrogen-bond acceptors (Lipinski definition) is 6. The predicted octanol–water partition coefficient (Wildman–Crippen LogP) is 2.24. The molecule has 0 radical (unpaired) electrons. The molecule has 0 bridgehead atoms. The van der Waals surface area contributed by atoms with Gasteiger partial charge in [0.15, 0.2) is 9.84 Å². The number of carbonyl (C=O) groups is 1. The Labute approximate surface area is 164 Å². The van der Waals surface area contributed by atoms with Crippen LogP contribution in [0.25, 0.3) is 0 Å². The number of hydrogen-bond donors (Lipinski definition) is 1. The third-order valence-electron chi connectivity index (χ3n) is 5.88. The summed E-state index contributed by atoms with van der Waals surface area (Å²) in [4.78, 5) is 23.2. The standard InChI is InChI=1S/C20H22N4O3S/c25-18(8-13-6-7-13)24-10-16-17(11-24)28(26,27)12-14-9-21-20(23-19(14)16)22-15-4-2-1-3-5-15/h1-5,9,13,16-17H,6-8,10-12H2,(H,21,22,23)/t16-,17+/m0/s1. The number of para-hydroxylation sites is 1. The highest BCUT2D eigenvalue weighted by molar-refractivity contribution is 7.91. The molecule has 2 aromatic rings. The zero-order chi connectivity index (χ0) is 19.3. The van der Waals surface area contributed by atoms with E-state index in [1.165, 1.54) is 0 Å². The number of carbonyl (C=O) groups excluding carboxylic acids is 1. The number of sulfone groups is 1. The molecule has 5 rings (SSSR count). The van der Waals surface area contributed by atoms with Gasteiger partial charge in [0.25, 0.3) is 0 Å². The Kier molecular flexibility index (Phi) is 4.12. The van der Waals surface area contributed by atoms with Gasteiger partial charge in [0, 0.05) is 42.9 Å². The van der Waals surface area contributed by atoms with Gasteiger partial charge in [0.1, 0.15) is 0 Å². The number of rotatable bonds is 4. The second kappa shape index (κ2) is 6.55. The predicted molar refractivity (Wildman–Crippen MR) is 105 cm³/mol. The van der Waals surface area contributed by atoms with E-state index in [-0.39, 0.29) is 24.1 Å². The van der Waals surface area contributed by atoms with E-state index in [1.807, 2.05) is 30.3 Å². The van der Waals surface area contributed by atoms with Crippen molar-refractivity contribution in [2.75, 3.05) is 18.4 Å². The molecule has 3 heterocycles. The molecule has 3 aliphatic rings. The molecular formula is C20H22N4O3S. The zero-order valence-electron chi connectivity index (χ0n) is 15.4. The fourth-order valence-corrected chi connectivity index (χ4v) is 6.18. The van der Waals surface area contributed by atoms with Gasteiger partial charge in [-0.25, -0.2) is 18.4 Å². The third-order valence-corrected chi connectivity index (χ3v) is 7.99. The maximum Gasteiger partial charge on any atom is 0.227 e. The molecule has 1 aliphatic carbocycles. The van der Waals surface area contributed by atoms with Crippen LogP contribution in [-0.2, 0) is 20.4 Å². The summed E-state index contributed by atoms with van der Waals surface area (Å²) in [5, 5.41) is 2.60. The lowest BCUT2D eigenvalue weighted by molar-refractivity contribution is -0.130. The Morgan fingerprint density at radius 3 is 2.71 bits per heavy atom. The highest BCUT2D eigenvalue weighted by atomic mass is 32.2. The second-order valence-corrected chi connectivity index (χ2v) is 10.2. The van der Waals surface area contributed by atoms with Crippen LogP contribution in [-0.4, -0.2) is 47.5 Å². The number of nitrogens with one attached hydrogen (secondary N) is 1. The zero-order valence-corrected chi connectivity index (χ0v) is 16.2. The summed E-state index contributed by atoms with van der Waals surface area (Å²) >= 11 is 0. The molecular weight excluding hydrogens is 376 g/mol. The van der Waals surface area contributed by atoms with Crippen molar-refractivity contribution in [3.05, 3.63) is 47.8 Å². The summed E-state index contributed by atoms with van der Waals surface area (Å²) in [6.07, 6.45) is 4.36. The normalized spacial score (nSPS) is 25.1. The van der Waals surface area contributed by atoms with Crippen LogP contribution in [0.15, 0.2) is 36.5 Å². The lowest BCUT2D eigenvalue weighted by Gasteiger charge is -2.26. The first-order chi connectivity index (χ1) is 13.5. The Morgan fingerprint density at radius 2 is 1.96 bits per heavy atom. The minimum atomic E-state index is -3.32. The van der Waals surface area contributed by atoms with Gasteiger partial charge in [-0.1, -0.05) is 18.2 Å². The summed E-state index contributed by atoms with van der Waals surface area (Å²) in [6.45, 7) is 0.702. The fraction of sp³-hybridized carbons (Fsp3) is 0.450. The van der Waals surface area contributed by atoms with Crippen LogP contribution in [0, 0.1) is 5.92 Å². The lowest BCUT2D eigenvalue weighted by atomic mass is 10.00. The highest BCUT2D eigenvalue weighted by Crippen LogP contribution is 2.41. The average Bonchev–Trinajstić information content (AvgIpc) is 3.36. The molecule has 2 fully saturated rings. The quantitative estimate of drug-likeness (QED) is 0.849. The molecule has 1 saturated heterocycles. The molecule has 2 atom stereocenters. The van der Waals surface area contributed by atoms with Crippen LogP contribution in [0.5, 0.6) is 0 Å². The Morgan fingerprint density at radius 1 is 1.18 bits per heavy atom. The van der Waals surface area contributed by atoms with Crippen molar-refractivity contribution in [1.29, 1.82) is 0 Å². The van der Waals surface area contributed by atoms with Gasteiger partial charge in [-0.15, -0.1) is 0 Å². The number of nitrogens with zero attached hydrogens (tertiary/aromatic N) is 3. The third kappa shape index (κ3) is 3.26. The van der Waals surface area contributed by atoms with Crippen LogP contribution >= 0.6 is 0 Å². The van der Waals surface area contributed by atoms with Gasteiger partial charge >= 0.3 is 0 Å². The monoisotopic (exact) mass is 398 g/mol. The number of amides is 1. The number of benzene rings is 1. The SMILES string of the molecule is O=C(CC1CC1)N1C[C@@H]2c3nc(Nc4ccccc4)ncc3CS(=O)(=O)[C@@H]2C1. The Hall–Kier alpha value is -2.48. The molecule has 1 saturated carbocycles. The van der Waals surface area contributed by atoms with Crippen LogP contribution in [0.3, 0.4) is 0 Å². The maximum atomic E-state index is 12.8. The van der Waals surface area contributed by atoms with E-state index >= 15 is 0 Å². The van der Waals surface area contributed by atoms with Crippen molar-refractivity contribution in [2.45, 2.75) is 36.2 Å². The van der Waals surface area contributed by atoms with E-state index in [2.05, 4.69) is 15.3 Å². The Bertz CT molecular complexity index is 1020. The van der Waals surface area contributed by atoms with E-state index in [1.54, 1.807) is 11.1 Å². The largest absolute Gasteiger partial charge is 0.341 e. The van der Waals surface area contributed by atoms with Gasteiger partial charge in [0.2, 0.25) is 11.9 Å². The molecule has 7 nitrogen and oxygen atoms in total. The first-order valence-electron chi connectivity index (χ1n) is 9.67. The van der Waals surface area contributed by atoms with E-state index in [0.29, 0.717) is 30.4 Å². The van der Waals surface area contributed by atoms with Gasteiger partial charge in [-0.3, -0.25) is 4.79 Å². The van der Waals surface area contributed by atoms with Crippen molar-refractivity contribution in [3.8, 4) is 0 Å². The molecule has 0 spiro atoms. The molecule has 1 amide bonds. The first kappa shape index (κ1) is 17.6. The smallest absolute Gasteiger partial charge is 0.227 e. The highest BCUT2D eigenvalue weighted by Gasteiger charge is 2.48. The molecule has 1 N–H and O–H groups in total. The summed E-state index contributed by atoms with van der Waals surface area (Å²) in [7, 11) is -3.32. The summed E-state index contributed by atoms with van der Waals surface area (Å²) in [6, 6.07) is 9.61. The van der Waals surface area contributed by atoms with Gasteiger partial charge in [-0.2, -0.15) is 0 Å². The van der Waals surface area contributed by atoms with E-state index in [0.717, 1.165) is 24.2 Å². The molecule has 1 aromatic carbocycles. The molecule has 146 valence electrons. The molecule has 8 heteroatoms. The summed E-state index contributed by atoms with van der Waals surface area (Å²) < 4.78 is 25.6. The van der Waals surface area contributed by atoms with Gasteiger partial charge < -0.3 is 10.2 Å². The lowest BCUT2D eigenvalue weighted by Crippen LogP contribution is -2.35. The number of aromatic nitrogens is 2. The number of fused-ring (bicyclic) bond motifs is 3. The first-order valence-corrected chi connectivity index (χ1v) is 11.4. The van der Waals surface area contributed by atoms with E-state index < -0.39 is 15.1 Å². The van der Waals surface area contributed by atoms with Gasteiger partial charge in [0.05, 0.1) is 16.7 Å². The topological polar surface area (TPSA) is 92.3 Å². The van der Waals surface area contributed by atoms with Crippen molar-refractivity contribution in [2.24, 2.45) is 5.92 Å². The van der Waals surface area contributed by atoms with E-state index in [4.69, 9.17) is 0 Å². The van der Waals surface area contributed by atoms with Crippen molar-refractivity contribution < 1.29 is 13.2 Å². The van der Waals surface area contributed by atoms with Crippen LogP contribution in [0.4, 0.5) is 11.6 Å². The van der Waals surface area contributed by atoms with Crippen LogP contribution in [0.1, 0.15) is 36.4 Å². The fourth-order valence-electron chi connectivity index (χ4n) is 4.19. The average molecular weight is 398 g/mol. The number of likely N-dealkylation sites (tertiary alicyclic amines) is 1. The summed E-state index contributed by atoms with van der Waals surface area (Å²) in [5.74, 6) is 0.676. The van der Waals surface area contributed by atoms with Crippen molar-refractivity contribution in [3.63, 3.8) is 0 Å². The van der Waals surface area contributed by atoms with Crippen molar-refractivity contribution in [1.82, 2.24) is 14.9 Å². The van der Waals surface area contributed by atoms with E-state index in [9.17, 15) is 13.2 Å². The minimum absolute atomic E-state index is 0.0558. The van der Waals surface area contributed by atoms with Crippen molar-refractivity contribution >= 4 is 27.4 Å². The maximum absolute atomic E-state index is 12.8. The number of anilines is 2. The molecule has 1 aromatic heterocycles. The molecule has 2 aliphatic heterocycles. The van der Waals surface area contributed by atoms with Crippen LogP contribution in [0.2, 0.25) is 0 Å². The van der Waals surface area contributed by atoms with Gasteiger partial charge in [-0.05, 0) is 30.9 Å². The summed E-state index contributed by atoms with van der Waals surface area (Å²) in [5.41, 5.74) is 2.28.